The molecule has 2 heterocycles. The summed E-state index contributed by atoms with van der Waals surface area (Å²) in [4.78, 5) is 8.87. The van der Waals surface area contributed by atoms with Crippen molar-refractivity contribution in [3.63, 3.8) is 0 Å². The van der Waals surface area contributed by atoms with Gasteiger partial charge >= 0.3 is 0 Å². The Morgan fingerprint density at radius 3 is 2.88 bits per heavy atom. The monoisotopic (exact) mass is 253 g/mol. The highest BCUT2D eigenvalue weighted by atomic mass is 32.2. The number of anilines is 1. The molecule has 0 spiro atoms. The molecule has 1 aromatic heterocycles. The lowest BCUT2D eigenvalue weighted by Gasteiger charge is -2.21. The Balaban J connectivity index is 2.03. The topological polar surface area (TPSA) is 47.0 Å². The van der Waals surface area contributed by atoms with Crippen LogP contribution in [0.4, 0.5) is 5.95 Å². The van der Waals surface area contributed by atoms with E-state index in [2.05, 4.69) is 28.3 Å². The van der Waals surface area contributed by atoms with Gasteiger partial charge in [0.1, 0.15) is 5.03 Å². The van der Waals surface area contributed by atoms with Crippen molar-refractivity contribution in [3.05, 3.63) is 11.8 Å². The number of nitrogens with zero attached hydrogens (tertiary/aromatic N) is 2. The average Bonchev–Trinajstić information content (AvgIpc) is 2.30. The van der Waals surface area contributed by atoms with Crippen LogP contribution in [0.25, 0.3) is 0 Å². The molecule has 1 aliphatic rings. The van der Waals surface area contributed by atoms with Gasteiger partial charge in [0.05, 0.1) is 0 Å². The van der Waals surface area contributed by atoms with Crippen molar-refractivity contribution in [2.45, 2.75) is 37.0 Å². The number of hydrogen-bond acceptors (Lipinski definition) is 5. The van der Waals surface area contributed by atoms with Crippen molar-refractivity contribution in [1.29, 1.82) is 0 Å². The van der Waals surface area contributed by atoms with Crippen LogP contribution in [0.1, 0.15) is 25.5 Å². The van der Waals surface area contributed by atoms with Gasteiger partial charge in [0.25, 0.3) is 0 Å². The maximum atomic E-state index is 5.36. The number of hydrogen-bond donors (Lipinski definition) is 1. The zero-order valence-corrected chi connectivity index (χ0v) is 11.2. The molecule has 0 aliphatic carbocycles. The second kappa shape index (κ2) is 6.21. The molecular weight excluding hydrogens is 234 g/mol. The fourth-order valence-corrected chi connectivity index (χ4v) is 2.95. The molecular formula is C12H19N3OS. The van der Waals surface area contributed by atoms with E-state index in [9.17, 15) is 0 Å². The molecule has 17 heavy (non-hydrogen) atoms. The van der Waals surface area contributed by atoms with Crippen LogP contribution < -0.4 is 5.32 Å². The van der Waals surface area contributed by atoms with Crippen LogP contribution in [0.5, 0.6) is 0 Å². The number of thioether (sulfide) groups is 1. The minimum atomic E-state index is 0.632. The van der Waals surface area contributed by atoms with Crippen molar-refractivity contribution in [1.82, 2.24) is 9.97 Å². The first kappa shape index (κ1) is 12.6. The van der Waals surface area contributed by atoms with E-state index >= 15 is 0 Å². The van der Waals surface area contributed by atoms with Gasteiger partial charge in [-0.3, -0.25) is 0 Å². The molecule has 0 bridgehead atoms. The standard InChI is InChI=1S/C12H19N3OS/c1-3-13-12-14-9(2)8-11(15-12)17-10-4-6-16-7-5-10/h8,10H,3-7H2,1-2H3,(H,13,14,15). The van der Waals surface area contributed by atoms with Gasteiger partial charge < -0.3 is 10.1 Å². The van der Waals surface area contributed by atoms with Gasteiger partial charge in [-0.05, 0) is 32.8 Å². The van der Waals surface area contributed by atoms with E-state index < -0.39 is 0 Å². The predicted molar refractivity (Wildman–Crippen MR) is 70.6 cm³/mol. The molecule has 1 saturated heterocycles. The Morgan fingerprint density at radius 1 is 1.41 bits per heavy atom. The van der Waals surface area contributed by atoms with E-state index in [1.165, 1.54) is 0 Å². The highest BCUT2D eigenvalue weighted by Gasteiger charge is 2.16. The Morgan fingerprint density at radius 2 is 2.18 bits per heavy atom. The molecule has 0 saturated carbocycles. The van der Waals surface area contributed by atoms with E-state index in [1.807, 2.05) is 18.7 Å². The third kappa shape index (κ3) is 3.85. The highest BCUT2D eigenvalue weighted by Crippen LogP contribution is 2.29. The maximum absolute atomic E-state index is 5.36. The van der Waals surface area contributed by atoms with Gasteiger partial charge in [-0.25, -0.2) is 9.97 Å². The summed E-state index contributed by atoms with van der Waals surface area (Å²) in [6.07, 6.45) is 2.23. The number of aryl methyl sites for hydroxylation is 1. The average molecular weight is 253 g/mol. The van der Waals surface area contributed by atoms with Crippen molar-refractivity contribution in [2.75, 3.05) is 25.1 Å². The third-order valence-electron chi connectivity index (χ3n) is 2.62. The molecule has 5 heteroatoms. The Labute approximate surface area is 107 Å². The first-order valence-corrected chi connectivity index (χ1v) is 7.00. The lowest BCUT2D eigenvalue weighted by Crippen LogP contribution is -2.17. The van der Waals surface area contributed by atoms with E-state index in [4.69, 9.17) is 4.74 Å². The quantitative estimate of drug-likeness (QED) is 0.835. The predicted octanol–water partition coefficient (Wildman–Crippen LogP) is 2.49. The molecule has 0 aromatic carbocycles. The van der Waals surface area contributed by atoms with Crippen LogP contribution >= 0.6 is 11.8 Å². The third-order valence-corrected chi connectivity index (χ3v) is 3.88. The second-order valence-corrected chi connectivity index (χ2v) is 5.45. The highest BCUT2D eigenvalue weighted by molar-refractivity contribution is 7.99. The minimum Gasteiger partial charge on any atom is -0.381 e. The Hall–Kier alpha value is -0.810. The number of ether oxygens (including phenoxy) is 1. The van der Waals surface area contributed by atoms with E-state index in [1.54, 1.807) is 0 Å². The van der Waals surface area contributed by atoms with E-state index in [-0.39, 0.29) is 0 Å². The molecule has 0 amide bonds. The van der Waals surface area contributed by atoms with Crippen LogP contribution in [-0.4, -0.2) is 35.0 Å². The molecule has 1 aliphatic heterocycles. The molecule has 0 radical (unpaired) electrons. The summed E-state index contributed by atoms with van der Waals surface area (Å²) >= 11 is 1.85. The summed E-state index contributed by atoms with van der Waals surface area (Å²) < 4.78 is 5.36. The Bertz CT molecular complexity index is 367. The number of rotatable bonds is 4. The second-order valence-electron chi connectivity index (χ2n) is 4.13. The van der Waals surface area contributed by atoms with Crippen LogP contribution in [0, 0.1) is 6.92 Å². The van der Waals surface area contributed by atoms with Gasteiger partial charge in [-0.15, -0.1) is 11.8 Å². The molecule has 94 valence electrons. The number of aromatic nitrogens is 2. The van der Waals surface area contributed by atoms with Gasteiger partial charge in [0.2, 0.25) is 5.95 Å². The zero-order chi connectivity index (χ0) is 12.1. The van der Waals surface area contributed by atoms with E-state index in [0.29, 0.717) is 5.25 Å². The van der Waals surface area contributed by atoms with Crippen LogP contribution in [0.15, 0.2) is 11.1 Å². The lowest BCUT2D eigenvalue weighted by atomic mass is 10.2. The smallest absolute Gasteiger partial charge is 0.223 e. The minimum absolute atomic E-state index is 0.632. The fourth-order valence-electron chi connectivity index (χ4n) is 1.80. The molecule has 4 nitrogen and oxygen atoms in total. The lowest BCUT2D eigenvalue weighted by molar-refractivity contribution is 0.1000. The molecule has 0 unspecified atom stereocenters. The molecule has 1 aromatic rings. The molecule has 1 N–H and O–H groups in total. The van der Waals surface area contributed by atoms with Crippen molar-refractivity contribution >= 4 is 17.7 Å². The normalized spacial score (nSPS) is 17.1. The van der Waals surface area contributed by atoms with Crippen LogP contribution in [0.3, 0.4) is 0 Å². The zero-order valence-electron chi connectivity index (χ0n) is 10.4. The fraction of sp³-hybridized carbons (Fsp3) is 0.667. The molecule has 1 fully saturated rings. The summed E-state index contributed by atoms with van der Waals surface area (Å²) in [5.41, 5.74) is 1.02. The molecule has 2 rings (SSSR count). The summed E-state index contributed by atoms with van der Waals surface area (Å²) in [7, 11) is 0. The largest absolute Gasteiger partial charge is 0.381 e. The van der Waals surface area contributed by atoms with Gasteiger partial charge in [-0.1, -0.05) is 0 Å². The SMILES string of the molecule is CCNc1nc(C)cc(SC2CCOCC2)n1. The van der Waals surface area contributed by atoms with Gasteiger partial charge in [0.15, 0.2) is 0 Å². The summed E-state index contributed by atoms with van der Waals surface area (Å²) in [6.45, 7) is 6.67. The Kier molecular flexibility index (Phi) is 4.62. The summed E-state index contributed by atoms with van der Waals surface area (Å²) in [5.74, 6) is 0.738. The van der Waals surface area contributed by atoms with Crippen LogP contribution in [0.2, 0.25) is 0 Å². The first-order valence-electron chi connectivity index (χ1n) is 6.12. The maximum Gasteiger partial charge on any atom is 0.223 e. The summed E-state index contributed by atoms with van der Waals surface area (Å²) in [5, 5.41) is 4.87. The van der Waals surface area contributed by atoms with Crippen molar-refractivity contribution in [3.8, 4) is 0 Å². The van der Waals surface area contributed by atoms with Gasteiger partial charge in [0, 0.05) is 30.7 Å². The molecule has 0 atom stereocenters. The van der Waals surface area contributed by atoms with Crippen molar-refractivity contribution in [2.24, 2.45) is 0 Å². The first-order chi connectivity index (χ1) is 8.28. The summed E-state index contributed by atoms with van der Waals surface area (Å²) in [6, 6.07) is 2.06. The van der Waals surface area contributed by atoms with E-state index in [0.717, 1.165) is 49.3 Å². The van der Waals surface area contributed by atoms with Gasteiger partial charge in [-0.2, -0.15) is 0 Å². The number of nitrogens with one attached hydrogen (secondary N) is 1. The van der Waals surface area contributed by atoms with Crippen molar-refractivity contribution < 1.29 is 4.74 Å². The van der Waals surface area contributed by atoms with Crippen LogP contribution in [-0.2, 0) is 4.74 Å².